The molecule has 1 aromatic heterocycles. The molecule has 4 nitrogen and oxygen atoms in total. The van der Waals surface area contributed by atoms with Crippen LogP contribution in [0.3, 0.4) is 0 Å². The standard InChI is InChI=1S/C16H14FN3O/c1-21-11-8-6-10(7-9-11)14(18)15-12-4-2-3-5-13(12)19-16(17)20-15/h2-9,14H,18H2,1H3. The fraction of sp³-hybridized carbons (Fsp3) is 0.125. The van der Waals surface area contributed by atoms with E-state index in [2.05, 4.69) is 9.97 Å². The molecule has 0 aliphatic rings. The molecule has 0 saturated carbocycles. The lowest BCUT2D eigenvalue weighted by atomic mass is 10.0. The van der Waals surface area contributed by atoms with Crippen molar-refractivity contribution in [3.63, 3.8) is 0 Å². The van der Waals surface area contributed by atoms with Crippen molar-refractivity contribution in [3.05, 3.63) is 65.9 Å². The van der Waals surface area contributed by atoms with Crippen molar-refractivity contribution in [2.45, 2.75) is 6.04 Å². The average molecular weight is 283 g/mol. The third kappa shape index (κ3) is 2.55. The second-order valence-electron chi connectivity index (χ2n) is 4.65. The fourth-order valence-electron chi connectivity index (χ4n) is 2.28. The first-order valence-corrected chi connectivity index (χ1v) is 6.51. The van der Waals surface area contributed by atoms with E-state index in [1.165, 1.54) is 0 Å². The molecule has 0 radical (unpaired) electrons. The van der Waals surface area contributed by atoms with E-state index in [1.807, 2.05) is 36.4 Å². The quantitative estimate of drug-likeness (QED) is 0.751. The molecule has 0 fully saturated rings. The first-order chi connectivity index (χ1) is 10.2. The van der Waals surface area contributed by atoms with Crippen molar-refractivity contribution < 1.29 is 9.13 Å². The zero-order chi connectivity index (χ0) is 14.8. The topological polar surface area (TPSA) is 61.0 Å². The molecule has 0 aliphatic carbocycles. The lowest BCUT2D eigenvalue weighted by molar-refractivity contribution is 0.414. The highest BCUT2D eigenvalue weighted by molar-refractivity contribution is 5.81. The number of para-hydroxylation sites is 1. The zero-order valence-corrected chi connectivity index (χ0v) is 11.5. The number of aromatic nitrogens is 2. The fourth-order valence-corrected chi connectivity index (χ4v) is 2.28. The van der Waals surface area contributed by atoms with Crippen LogP contribution in [-0.4, -0.2) is 17.1 Å². The van der Waals surface area contributed by atoms with Crippen LogP contribution in [0.5, 0.6) is 5.75 Å². The summed E-state index contributed by atoms with van der Waals surface area (Å²) in [6.07, 6.45) is -0.771. The summed E-state index contributed by atoms with van der Waals surface area (Å²) < 4.78 is 18.7. The number of hydrogen-bond acceptors (Lipinski definition) is 4. The van der Waals surface area contributed by atoms with Crippen LogP contribution >= 0.6 is 0 Å². The molecule has 21 heavy (non-hydrogen) atoms. The first kappa shape index (κ1) is 13.5. The van der Waals surface area contributed by atoms with Crippen molar-refractivity contribution in [3.8, 4) is 5.75 Å². The van der Waals surface area contributed by atoms with Gasteiger partial charge in [-0.15, -0.1) is 0 Å². The number of nitrogens with two attached hydrogens (primary N) is 1. The van der Waals surface area contributed by atoms with Crippen LogP contribution in [0.25, 0.3) is 10.9 Å². The molecular weight excluding hydrogens is 269 g/mol. The van der Waals surface area contributed by atoms with E-state index < -0.39 is 12.1 Å². The smallest absolute Gasteiger partial charge is 0.309 e. The van der Waals surface area contributed by atoms with Gasteiger partial charge in [-0.3, -0.25) is 0 Å². The van der Waals surface area contributed by atoms with Crippen LogP contribution in [-0.2, 0) is 0 Å². The predicted octanol–water partition coefficient (Wildman–Crippen LogP) is 2.83. The average Bonchev–Trinajstić information content (AvgIpc) is 2.53. The van der Waals surface area contributed by atoms with Crippen molar-refractivity contribution in [1.29, 1.82) is 0 Å². The second kappa shape index (κ2) is 5.46. The lowest BCUT2D eigenvalue weighted by Crippen LogP contribution is -2.15. The van der Waals surface area contributed by atoms with E-state index >= 15 is 0 Å². The molecule has 2 N–H and O–H groups in total. The van der Waals surface area contributed by atoms with Gasteiger partial charge in [0.1, 0.15) is 5.75 Å². The van der Waals surface area contributed by atoms with E-state index in [0.717, 1.165) is 16.7 Å². The summed E-state index contributed by atoms with van der Waals surface area (Å²) in [5, 5.41) is 0.752. The van der Waals surface area contributed by atoms with Crippen molar-refractivity contribution >= 4 is 10.9 Å². The largest absolute Gasteiger partial charge is 0.497 e. The highest BCUT2D eigenvalue weighted by atomic mass is 19.1. The number of methoxy groups -OCH3 is 1. The third-order valence-corrected chi connectivity index (χ3v) is 3.37. The number of benzene rings is 2. The Labute approximate surface area is 121 Å². The van der Waals surface area contributed by atoms with E-state index in [1.54, 1.807) is 19.2 Å². The van der Waals surface area contributed by atoms with Crippen molar-refractivity contribution in [2.24, 2.45) is 5.73 Å². The zero-order valence-electron chi connectivity index (χ0n) is 11.5. The highest BCUT2D eigenvalue weighted by Gasteiger charge is 2.16. The van der Waals surface area contributed by atoms with Gasteiger partial charge in [0.05, 0.1) is 24.4 Å². The molecule has 106 valence electrons. The minimum atomic E-state index is -0.771. The number of ether oxygens (including phenoxy) is 1. The minimum absolute atomic E-state index is 0.475. The van der Waals surface area contributed by atoms with E-state index in [-0.39, 0.29) is 0 Å². The second-order valence-corrected chi connectivity index (χ2v) is 4.65. The Morgan fingerprint density at radius 3 is 2.48 bits per heavy atom. The monoisotopic (exact) mass is 283 g/mol. The van der Waals surface area contributed by atoms with Gasteiger partial charge in [-0.05, 0) is 23.8 Å². The van der Waals surface area contributed by atoms with Crippen LogP contribution in [0.1, 0.15) is 17.3 Å². The summed E-state index contributed by atoms with van der Waals surface area (Å²) in [6, 6.07) is 14.0. The summed E-state index contributed by atoms with van der Waals surface area (Å²) in [5.74, 6) is 0.740. The Morgan fingerprint density at radius 1 is 1.05 bits per heavy atom. The molecule has 3 aromatic rings. The summed E-state index contributed by atoms with van der Waals surface area (Å²) in [5.41, 5.74) is 8.10. The van der Waals surface area contributed by atoms with E-state index in [0.29, 0.717) is 11.2 Å². The van der Waals surface area contributed by atoms with Gasteiger partial charge in [0.15, 0.2) is 0 Å². The van der Waals surface area contributed by atoms with Gasteiger partial charge in [0.2, 0.25) is 0 Å². The molecule has 5 heteroatoms. The van der Waals surface area contributed by atoms with Crippen LogP contribution in [0, 0.1) is 6.08 Å². The van der Waals surface area contributed by atoms with Crippen molar-refractivity contribution in [1.82, 2.24) is 9.97 Å². The normalized spacial score (nSPS) is 12.3. The molecule has 0 spiro atoms. The molecule has 0 aliphatic heterocycles. The number of hydrogen-bond donors (Lipinski definition) is 1. The maximum atomic E-state index is 13.6. The van der Waals surface area contributed by atoms with Gasteiger partial charge in [-0.2, -0.15) is 4.39 Å². The summed E-state index contributed by atoms with van der Waals surface area (Å²) in [6.45, 7) is 0. The van der Waals surface area contributed by atoms with E-state index in [4.69, 9.17) is 10.5 Å². The molecule has 1 atom stereocenters. The number of nitrogens with zero attached hydrogens (tertiary/aromatic N) is 2. The maximum absolute atomic E-state index is 13.6. The number of halogens is 1. The van der Waals surface area contributed by atoms with Gasteiger partial charge in [0, 0.05) is 5.39 Å². The maximum Gasteiger partial charge on any atom is 0.309 e. The van der Waals surface area contributed by atoms with Gasteiger partial charge in [0.25, 0.3) is 0 Å². The van der Waals surface area contributed by atoms with Crippen LogP contribution < -0.4 is 10.5 Å². The Balaban J connectivity index is 2.09. The molecule has 1 heterocycles. The molecule has 0 amide bonds. The van der Waals surface area contributed by atoms with E-state index in [9.17, 15) is 4.39 Å². The molecule has 3 rings (SSSR count). The van der Waals surface area contributed by atoms with Gasteiger partial charge in [-0.1, -0.05) is 30.3 Å². The Kier molecular flexibility index (Phi) is 3.50. The van der Waals surface area contributed by atoms with Crippen molar-refractivity contribution in [2.75, 3.05) is 7.11 Å². The predicted molar refractivity (Wildman–Crippen MR) is 78.5 cm³/mol. The summed E-state index contributed by atoms with van der Waals surface area (Å²) >= 11 is 0. The Morgan fingerprint density at radius 2 is 1.76 bits per heavy atom. The molecular formula is C16H14FN3O. The van der Waals surface area contributed by atoms with Crippen LogP contribution in [0.15, 0.2) is 48.5 Å². The molecule has 2 aromatic carbocycles. The van der Waals surface area contributed by atoms with Gasteiger partial charge >= 0.3 is 6.08 Å². The van der Waals surface area contributed by atoms with Gasteiger partial charge in [-0.25, -0.2) is 9.97 Å². The Hall–Kier alpha value is -2.53. The summed E-state index contributed by atoms with van der Waals surface area (Å²) in [4.78, 5) is 7.67. The molecule has 0 saturated heterocycles. The Bertz CT molecular complexity index is 774. The number of fused-ring (bicyclic) bond motifs is 1. The van der Waals surface area contributed by atoms with Crippen LogP contribution in [0.2, 0.25) is 0 Å². The highest BCUT2D eigenvalue weighted by Crippen LogP contribution is 2.26. The molecule has 0 bridgehead atoms. The number of rotatable bonds is 3. The summed E-state index contributed by atoms with van der Waals surface area (Å²) in [7, 11) is 1.60. The SMILES string of the molecule is COc1ccc(C(N)c2nc(F)nc3ccccc23)cc1. The third-order valence-electron chi connectivity index (χ3n) is 3.37. The van der Waals surface area contributed by atoms with Crippen LogP contribution in [0.4, 0.5) is 4.39 Å². The first-order valence-electron chi connectivity index (χ1n) is 6.51. The lowest BCUT2D eigenvalue weighted by Gasteiger charge is -2.14. The molecule has 1 unspecified atom stereocenters. The van der Waals surface area contributed by atoms with Gasteiger partial charge < -0.3 is 10.5 Å². The minimum Gasteiger partial charge on any atom is -0.497 e.